The summed E-state index contributed by atoms with van der Waals surface area (Å²) in [7, 11) is 0. The molecule has 2 saturated heterocycles. The van der Waals surface area contributed by atoms with Crippen LogP contribution in [0.2, 0.25) is 0 Å². The first-order valence-corrected chi connectivity index (χ1v) is 4.13. The van der Waals surface area contributed by atoms with E-state index in [4.69, 9.17) is 0 Å². The molecule has 0 radical (unpaired) electrons. The van der Waals surface area contributed by atoms with Crippen molar-refractivity contribution < 1.29 is 0 Å². The minimum absolute atomic E-state index is 0.900. The van der Waals surface area contributed by atoms with Crippen LogP contribution in [0, 0.1) is 0 Å². The highest BCUT2D eigenvalue weighted by atomic mass is 15.2. The first kappa shape index (κ1) is 5.72. The van der Waals surface area contributed by atoms with Gasteiger partial charge in [0.15, 0.2) is 0 Å². The highest BCUT2D eigenvalue weighted by molar-refractivity contribution is 4.89. The molecule has 0 amide bonds. The molecule has 0 aromatic carbocycles. The van der Waals surface area contributed by atoms with E-state index < -0.39 is 0 Å². The molecule has 2 aliphatic rings. The maximum Gasteiger partial charge on any atom is 0.00991 e. The van der Waals surface area contributed by atoms with Gasteiger partial charge in [0.2, 0.25) is 0 Å². The average Bonchev–Trinajstić information content (AvgIpc) is 2.35. The average molecular weight is 125 g/mol. The van der Waals surface area contributed by atoms with Gasteiger partial charge in [0.25, 0.3) is 0 Å². The smallest absolute Gasteiger partial charge is 0.00991 e. The molecule has 2 aliphatic heterocycles. The van der Waals surface area contributed by atoms with Gasteiger partial charge in [-0.1, -0.05) is 0 Å². The Bertz CT molecular complexity index is 111. The predicted octanol–water partition coefficient (Wildman–Crippen LogP) is 1.63. The van der Waals surface area contributed by atoms with Gasteiger partial charge >= 0.3 is 0 Å². The third-order valence-electron chi connectivity index (χ3n) is 2.91. The number of hydrogen-bond donors (Lipinski definition) is 0. The Balaban J connectivity index is 2.07. The van der Waals surface area contributed by atoms with Crippen LogP contribution in [-0.2, 0) is 0 Å². The Morgan fingerprint density at radius 1 is 1.22 bits per heavy atom. The van der Waals surface area contributed by atoms with Gasteiger partial charge in [0.05, 0.1) is 0 Å². The summed E-state index contributed by atoms with van der Waals surface area (Å²) in [6, 6.07) is 1.89. The zero-order chi connectivity index (χ0) is 6.27. The lowest BCUT2D eigenvalue weighted by atomic mass is 10.1. The Hall–Kier alpha value is -0.0400. The van der Waals surface area contributed by atoms with Crippen LogP contribution in [0.15, 0.2) is 0 Å². The molecule has 2 atom stereocenters. The maximum absolute atomic E-state index is 2.68. The third kappa shape index (κ3) is 0.787. The first-order valence-electron chi connectivity index (χ1n) is 4.13. The van der Waals surface area contributed by atoms with Gasteiger partial charge in [0.1, 0.15) is 0 Å². The Kier molecular flexibility index (Phi) is 1.26. The predicted molar refractivity (Wildman–Crippen MR) is 38.4 cm³/mol. The highest BCUT2D eigenvalue weighted by Gasteiger charge is 2.33. The molecule has 0 bridgehead atoms. The van der Waals surface area contributed by atoms with Gasteiger partial charge in [0, 0.05) is 12.1 Å². The standard InChI is InChI=1S/C8H15N/c1-7-4-5-8-3-2-6-9(7)8/h7-8H,2-6H2,1H3/t7-,8+/m1/s1. The molecule has 0 spiro atoms. The van der Waals surface area contributed by atoms with Crippen molar-refractivity contribution in [2.24, 2.45) is 0 Å². The molecule has 1 nitrogen and oxygen atoms in total. The molecule has 2 heterocycles. The molecule has 0 aliphatic carbocycles. The van der Waals surface area contributed by atoms with E-state index in [0.717, 1.165) is 12.1 Å². The molecule has 0 aromatic rings. The molecular formula is C8H15N. The van der Waals surface area contributed by atoms with E-state index in [1.165, 1.54) is 32.2 Å². The van der Waals surface area contributed by atoms with E-state index in [0.29, 0.717) is 0 Å². The summed E-state index contributed by atoms with van der Waals surface area (Å²) in [5, 5.41) is 0. The number of nitrogens with zero attached hydrogens (tertiary/aromatic N) is 1. The first-order chi connectivity index (χ1) is 4.38. The van der Waals surface area contributed by atoms with Crippen LogP contribution in [0.1, 0.15) is 32.6 Å². The van der Waals surface area contributed by atoms with Crippen LogP contribution in [0.25, 0.3) is 0 Å². The van der Waals surface area contributed by atoms with Crippen molar-refractivity contribution in [3.63, 3.8) is 0 Å². The fourth-order valence-corrected chi connectivity index (χ4v) is 2.35. The van der Waals surface area contributed by atoms with E-state index in [9.17, 15) is 0 Å². The number of fused-ring (bicyclic) bond motifs is 1. The fourth-order valence-electron chi connectivity index (χ4n) is 2.35. The molecule has 2 fully saturated rings. The molecule has 0 unspecified atom stereocenters. The SMILES string of the molecule is C[C@@H]1CC[C@@H]2CCCN21. The van der Waals surface area contributed by atoms with Crippen molar-refractivity contribution in [3.05, 3.63) is 0 Å². The summed E-state index contributed by atoms with van der Waals surface area (Å²) in [6.45, 7) is 3.75. The summed E-state index contributed by atoms with van der Waals surface area (Å²) in [4.78, 5) is 2.68. The van der Waals surface area contributed by atoms with Crippen molar-refractivity contribution in [1.29, 1.82) is 0 Å². The molecule has 9 heavy (non-hydrogen) atoms. The van der Waals surface area contributed by atoms with Crippen LogP contribution in [0.3, 0.4) is 0 Å². The van der Waals surface area contributed by atoms with Crippen molar-refractivity contribution in [3.8, 4) is 0 Å². The molecule has 1 heteroatoms. The van der Waals surface area contributed by atoms with Crippen LogP contribution in [-0.4, -0.2) is 23.5 Å². The zero-order valence-electron chi connectivity index (χ0n) is 6.14. The summed E-state index contributed by atoms with van der Waals surface area (Å²) >= 11 is 0. The Labute approximate surface area is 57.0 Å². The number of rotatable bonds is 0. The van der Waals surface area contributed by atoms with Crippen LogP contribution in [0.4, 0.5) is 0 Å². The summed E-state index contributed by atoms with van der Waals surface area (Å²) in [5.41, 5.74) is 0. The fraction of sp³-hybridized carbons (Fsp3) is 1.00. The summed E-state index contributed by atoms with van der Waals surface area (Å²) in [6.07, 6.45) is 5.85. The molecule has 0 saturated carbocycles. The van der Waals surface area contributed by atoms with Crippen molar-refractivity contribution in [2.45, 2.75) is 44.7 Å². The third-order valence-corrected chi connectivity index (χ3v) is 2.91. The van der Waals surface area contributed by atoms with E-state index in [1.54, 1.807) is 0 Å². The van der Waals surface area contributed by atoms with Gasteiger partial charge in [-0.25, -0.2) is 0 Å². The minimum atomic E-state index is 0.900. The van der Waals surface area contributed by atoms with Gasteiger partial charge in [-0.2, -0.15) is 0 Å². The lowest BCUT2D eigenvalue weighted by molar-refractivity contribution is 0.260. The Morgan fingerprint density at radius 3 is 2.89 bits per heavy atom. The van der Waals surface area contributed by atoms with Crippen LogP contribution >= 0.6 is 0 Å². The van der Waals surface area contributed by atoms with Gasteiger partial charge in [-0.15, -0.1) is 0 Å². The minimum Gasteiger partial charge on any atom is -0.298 e. The number of hydrogen-bond acceptors (Lipinski definition) is 1. The topological polar surface area (TPSA) is 3.24 Å². The molecule has 2 rings (SSSR count). The quantitative estimate of drug-likeness (QED) is 0.475. The second kappa shape index (κ2) is 1.98. The molecule has 52 valence electrons. The van der Waals surface area contributed by atoms with E-state index in [-0.39, 0.29) is 0 Å². The van der Waals surface area contributed by atoms with Crippen molar-refractivity contribution in [2.75, 3.05) is 6.54 Å². The largest absolute Gasteiger partial charge is 0.298 e. The molecule has 0 aromatic heterocycles. The van der Waals surface area contributed by atoms with Gasteiger partial charge < -0.3 is 0 Å². The second-order valence-corrected chi connectivity index (χ2v) is 3.46. The summed E-state index contributed by atoms with van der Waals surface area (Å²) in [5.74, 6) is 0. The zero-order valence-corrected chi connectivity index (χ0v) is 6.14. The van der Waals surface area contributed by atoms with E-state index in [1.807, 2.05) is 0 Å². The van der Waals surface area contributed by atoms with Gasteiger partial charge in [-0.05, 0) is 39.2 Å². The van der Waals surface area contributed by atoms with E-state index in [2.05, 4.69) is 11.8 Å². The maximum atomic E-state index is 2.68. The van der Waals surface area contributed by atoms with Crippen molar-refractivity contribution in [1.82, 2.24) is 4.90 Å². The van der Waals surface area contributed by atoms with Crippen LogP contribution < -0.4 is 0 Å². The lowest BCUT2D eigenvalue weighted by Crippen LogP contribution is -2.28. The highest BCUT2D eigenvalue weighted by Crippen LogP contribution is 2.31. The Morgan fingerprint density at radius 2 is 2.11 bits per heavy atom. The lowest BCUT2D eigenvalue weighted by Gasteiger charge is -2.19. The molecule has 0 N–H and O–H groups in total. The van der Waals surface area contributed by atoms with E-state index >= 15 is 0 Å². The van der Waals surface area contributed by atoms with Crippen molar-refractivity contribution >= 4 is 0 Å². The monoisotopic (exact) mass is 125 g/mol. The summed E-state index contributed by atoms with van der Waals surface area (Å²) < 4.78 is 0. The second-order valence-electron chi connectivity index (χ2n) is 3.46. The normalized spacial score (nSPS) is 43.7. The molecular weight excluding hydrogens is 110 g/mol. The van der Waals surface area contributed by atoms with Gasteiger partial charge in [-0.3, -0.25) is 4.90 Å². The van der Waals surface area contributed by atoms with Crippen LogP contribution in [0.5, 0.6) is 0 Å².